The monoisotopic (exact) mass is 304 g/mol. The summed E-state index contributed by atoms with van der Waals surface area (Å²) in [6.45, 7) is 15.6. The smallest absolute Gasteiger partial charge is 0.123 e. The van der Waals surface area contributed by atoms with Gasteiger partial charge in [-0.3, -0.25) is 0 Å². The molecule has 0 unspecified atom stereocenters. The van der Waals surface area contributed by atoms with E-state index in [2.05, 4.69) is 62.7 Å². The van der Waals surface area contributed by atoms with Gasteiger partial charge < -0.3 is 14.5 Å². The molecule has 0 N–H and O–H groups in total. The lowest BCUT2D eigenvalue weighted by molar-refractivity contribution is 0.145. The standard InChI is InChI=1S/C19H32N2O/c1-16-7-8-17(19(2,3)4)18(15-16)22-14-6-9-21-12-10-20(5)11-13-21/h7-8,15H,6,9-14H2,1-5H3. The molecule has 0 bridgehead atoms. The molecule has 2 rings (SSSR count). The lowest BCUT2D eigenvalue weighted by Crippen LogP contribution is -2.44. The highest BCUT2D eigenvalue weighted by Gasteiger charge is 2.19. The Bertz CT molecular complexity index is 471. The quantitative estimate of drug-likeness (QED) is 0.776. The molecule has 0 saturated carbocycles. The molecule has 0 atom stereocenters. The molecule has 1 aliphatic heterocycles. The largest absolute Gasteiger partial charge is 0.493 e. The number of benzene rings is 1. The summed E-state index contributed by atoms with van der Waals surface area (Å²) in [7, 11) is 2.20. The number of rotatable bonds is 5. The average Bonchev–Trinajstić information content (AvgIpc) is 2.44. The Morgan fingerprint density at radius 1 is 1.09 bits per heavy atom. The van der Waals surface area contributed by atoms with Crippen LogP contribution in [0.5, 0.6) is 5.75 Å². The second-order valence-corrected chi connectivity index (χ2v) is 7.60. The first-order valence-corrected chi connectivity index (χ1v) is 8.51. The van der Waals surface area contributed by atoms with E-state index in [-0.39, 0.29) is 5.41 Å². The normalized spacial score (nSPS) is 17.7. The lowest BCUT2D eigenvalue weighted by atomic mass is 9.86. The van der Waals surface area contributed by atoms with Gasteiger partial charge in [0.15, 0.2) is 0 Å². The van der Waals surface area contributed by atoms with E-state index < -0.39 is 0 Å². The van der Waals surface area contributed by atoms with E-state index in [9.17, 15) is 0 Å². The van der Waals surface area contributed by atoms with Gasteiger partial charge in [0.05, 0.1) is 6.61 Å². The first kappa shape index (κ1) is 17.3. The van der Waals surface area contributed by atoms with Gasteiger partial charge in [-0.15, -0.1) is 0 Å². The maximum absolute atomic E-state index is 6.12. The van der Waals surface area contributed by atoms with Crippen molar-refractivity contribution in [1.29, 1.82) is 0 Å². The van der Waals surface area contributed by atoms with Crippen LogP contribution in [-0.2, 0) is 5.41 Å². The molecule has 0 amide bonds. The fourth-order valence-corrected chi connectivity index (χ4v) is 2.91. The van der Waals surface area contributed by atoms with Crippen molar-refractivity contribution in [2.75, 3.05) is 46.4 Å². The Morgan fingerprint density at radius 2 is 1.77 bits per heavy atom. The van der Waals surface area contributed by atoms with Crippen LogP contribution in [0.2, 0.25) is 0 Å². The first-order valence-electron chi connectivity index (χ1n) is 8.51. The summed E-state index contributed by atoms with van der Waals surface area (Å²) in [5, 5.41) is 0. The Kier molecular flexibility index (Phi) is 5.87. The van der Waals surface area contributed by atoms with E-state index in [1.807, 2.05) is 0 Å². The number of likely N-dealkylation sites (N-methyl/N-ethyl adjacent to an activating group) is 1. The van der Waals surface area contributed by atoms with Gasteiger partial charge >= 0.3 is 0 Å². The van der Waals surface area contributed by atoms with Gasteiger partial charge in [-0.2, -0.15) is 0 Å². The van der Waals surface area contributed by atoms with Crippen molar-refractivity contribution in [3.05, 3.63) is 29.3 Å². The molecule has 3 nitrogen and oxygen atoms in total. The predicted octanol–water partition coefficient (Wildman–Crippen LogP) is 3.31. The second kappa shape index (κ2) is 7.47. The number of ether oxygens (including phenoxy) is 1. The molecule has 1 aromatic carbocycles. The Labute approximate surface area is 136 Å². The molecule has 22 heavy (non-hydrogen) atoms. The van der Waals surface area contributed by atoms with E-state index >= 15 is 0 Å². The Morgan fingerprint density at radius 3 is 2.41 bits per heavy atom. The van der Waals surface area contributed by atoms with E-state index in [0.29, 0.717) is 0 Å². The zero-order valence-electron chi connectivity index (χ0n) is 15.0. The van der Waals surface area contributed by atoms with Gasteiger partial charge in [0.25, 0.3) is 0 Å². The van der Waals surface area contributed by atoms with Gasteiger partial charge in [-0.25, -0.2) is 0 Å². The summed E-state index contributed by atoms with van der Waals surface area (Å²) in [4.78, 5) is 4.94. The summed E-state index contributed by atoms with van der Waals surface area (Å²) in [5.41, 5.74) is 2.69. The summed E-state index contributed by atoms with van der Waals surface area (Å²) in [6.07, 6.45) is 1.10. The lowest BCUT2D eigenvalue weighted by Gasteiger charge is -2.32. The van der Waals surface area contributed by atoms with Crippen molar-refractivity contribution >= 4 is 0 Å². The predicted molar refractivity (Wildman–Crippen MR) is 93.9 cm³/mol. The first-order chi connectivity index (χ1) is 10.4. The summed E-state index contributed by atoms with van der Waals surface area (Å²) < 4.78 is 6.12. The molecular formula is C19H32N2O. The molecule has 0 radical (unpaired) electrons. The van der Waals surface area contributed by atoms with Crippen molar-refractivity contribution in [2.24, 2.45) is 0 Å². The maximum Gasteiger partial charge on any atom is 0.123 e. The minimum Gasteiger partial charge on any atom is -0.493 e. The van der Waals surface area contributed by atoms with Crippen LogP contribution < -0.4 is 4.74 Å². The summed E-state index contributed by atoms with van der Waals surface area (Å²) in [6, 6.07) is 6.57. The van der Waals surface area contributed by atoms with Crippen molar-refractivity contribution in [3.8, 4) is 5.75 Å². The van der Waals surface area contributed by atoms with Crippen LogP contribution in [0, 0.1) is 6.92 Å². The van der Waals surface area contributed by atoms with E-state index in [1.165, 1.54) is 37.3 Å². The van der Waals surface area contributed by atoms with Crippen LogP contribution >= 0.6 is 0 Å². The number of piperazine rings is 1. The number of hydrogen-bond donors (Lipinski definition) is 0. The molecule has 1 aromatic rings. The van der Waals surface area contributed by atoms with Crippen LogP contribution in [0.3, 0.4) is 0 Å². The SMILES string of the molecule is Cc1ccc(C(C)(C)C)c(OCCCN2CCN(C)CC2)c1. The van der Waals surface area contributed by atoms with Crippen LogP contribution in [0.25, 0.3) is 0 Å². The molecule has 3 heteroatoms. The number of aryl methyl sites for hydroxylation is 1. The van der Waals surface area contributed by atoms with Crippen molar-refractivity contribution in [3.63, 3.8) is 0 Å². The zero-order chi connectivity index (χ0) is 16.2. The minimum absolute atomic E-state index is 0.125. The molecule has 0 aromatic heterocycles. The minimum atomic E-state index is 0.125. The average molecular weight is 304 g/mol. The third-order valence-corrected chi connectivity index (χ3v) is 4.42. The Hall–Kier alpha value is -1.06. The molecule has 0 aliphatic carbocycles. The highest BCUT2D eigenvalue weighted by Crippen LogP contribution is 2.32. The molecule has 1 fully saturated rings. The van der Waals surface area contributed by atoms with Crippen LogP contribution in [0.4, 0.5) is 0 Å². The van der Waals surface area contributed by atoms with Crippen molar-refractivity contribution < 1.29 is 4.74 Å². The summed E-state index contributed by atoms with van der Waals surface area (Å²) in [5.74, 6) is 1.06. The highest BCUT2D eigenvalue weighted by molar-refractivity contribution is 5.41. The van der Waals surface area contributed by atoms with Crippen molar-refractivity contribution in [2.45, 2.75) is 39.5 Å². The van der Waals surface area contributed by atoms with E-state index in [1.54, 1.807) is 0 Å². The molecule has 1 heterocycles. The van der Waals surface area contributed by atoms with Gasteiger partial charge in [-0.05, 0) is 43.0 Å². The molecule has 0 spiro atoms. The molecule has 124 valence electrons. The van der Waals surface area contributed by atoms with E-state index in [4.69, 9.17) is 4.74 Å². The fourth-order valence-electron chi connectivity index (χ4n) is 2.91. The summed E-state index contributed by atoms with van der Waals surface area (Å²) >= 11 is 0. The zero-order valence-corrected chi connectivity index (χ0v) is 15.0. The Balaban J connectivity index is 1.83. The molecule has 1 aliphatic rings. The topological polar surface area (TPSA) is 15.7 Å². The second-order valence-electron chi connectivity index (χ2n) is 7.60. The number of hydrogen-bond acceptors (Lipinski definition) is 3. The number of nitrogens with zero attached hydrogens (tertiary/aromatic N) is 2. The van der Waals surface area contributed by atoms with Gasteiger partial charge in [-0.1, -0.05) is 32.9 Å². The third kappa shape index (κ3) is 4.99. The van der Waals surface area contributed by atoms with Gasteiger partial charge in [0, 0.05) is 32.7 Å². The molecular weight excluding hydrogens is 272 g/mol. The maximum atomic E-state index is 6.12. The van der Waals surface area contributed by atoms with Crippen molar-refractivity contribution in [1.82, 2.24) is 9.80 Å². The van der Waals surface area contributed by atoms with Gasteiger partial charge in [0.1, 0.15) is 5.75 Å². The van der Waals surface area contributed by atoms with Crippen LogP contribution in [0.15, 0.2) is 18.2 Å². The van der Waals surface area contributed by atoms with Gasteiger partial charge in [0.2, 0.25) is 0 Å². The highest BCUT2D eigenvalue weighted by atomic mass is 16.5. The fraction of sp³-hybridized carbons (Fsp3) is 0.684. The van der Waals surface area contributed by atoms with E-state index in [0.717, 1.165) is 25.3 Å². The molecule has 1 saturated heterocycles. The van der Waals surface area contributed by atoms with Crippen LogP contribution in [-0.4, -0.2) is 56.2 Å². The third-order valence-electron chi connectivity index (χ3n) is 4.42. The van der Waals surface area contributed by atoms with Crippen LogP contribution in [0.1, 0.15) is 38.3 Å².